The second-order valence-corrected chi connectivity index (χ2v) is 5.81. The van der Waals surface area contributed by atoms with Gasteiger partial charge in [-0.2, -0.15) is 0 Å². The van der Waals surface area contributed by atoms with Crippen LogP contribution in [-0.2, 0) is 16.0 Å². The van der Waals surface area contributed by atoms with Crippen LogP contribution in [0.2, 0.25) is 0 Å². The molecule has 25 heavy (non-hydrogen) atoms. The van der Waals surface area contributed by atoms with Crippen molar-refractivity contribution < 1.29 is 19.4 Å². The monoisotopic (exact) mass is 350 g/mol. The van der Waals surface area contributed by atoms with E-state index in [2.05, 4.69) is 21.3 Å². The number of hydrogen-bond acceptors (Lipinski definition) is 6. The molecule has 2 amide bonds. The number of nitrogens with one attached hydrogen (secondary N) is 4. The molecule has 1 aliphatic rings. The molecule has 0 bridgehead atoms. The third kappa shape index (κ3) is 5.61. The number of hydrogen-bond donors (Lipinski definition) is 5. The van der Waals surface area contributed by atoms with Crippen LogP contribution in [0.5, 0.6) is 11.5 Å². The van der Waals surface area contributed by atoms with Crippen molar-refractivity contribution in [3.8, 4) is 11.5 Å². The number of benzene rings is 1. The topological polar surface area (TPSA) is 112 Å². The smallest absolute Gasteiger partial charge is 0.232 e. The zero-order chi connectivity index (χ0) is 18.1. The Kier molecular flexibility index (Phi) is 7.49. The van der Waals surface area contributed by atoms with E-state index < -0.39 is 5.92 Å². The maximum Gasteiger partial charge on any atom is 0.232 e. The summed E-state index contributed by atoms with van der Waals surface area (Å²) in [6.45, 7) is 3.73. The van der Waals surface area contributed by atoms with Crippen molar-refractivity contribution in [3.63, 3.8) is 0 Å². The lowest BCUT2D eigenvalue weighted by molar-refractivity contribution is -0.135. The van der Waals surface area contributed by atoms with E-state index in [1.54, 1.807) is 18.2 Å². The molecule has 1 fully saturated rings. The van der Waals surface area contributed by atoms with Gasteiger partial charge in [0.2, 0.25) is 11.8 Å². The Morgan fingerprint density at radius 3 is 2.12 bits per heavy atom. The Balaban J connectivity index is 2.14. The van der Waals surface area contributed by atoms with Crippen LogP contribution in [0.3, 0.4) is 0 Å². The van der Waals surface area contributed by atoms with E-state index >= 15 is 0 Å². The predicted molar refractivity (Wildman–Crippen MR) is 93.6 cm³/mol. The largest absolute Gasteiger partial charge is 0.504 e. The molecule has 0 radical (unpaired) electrons. The lowest BCUT2D eigenvalue weighted by Gasteiger charge is -2.18. The minimum Gasteiger partial charge on any atom is -0.504 e. The molecule has 0 atom stereocenters. The highest BCUT2D eigenvalue weighted by atomic mass is 16.5. The number of ether oxygens (including phenoxy) is 1. The van der Waals surface area contributed by atoms with E-state index in [4.69, 9.17) is 4.74 Å². The van der Waals surface area contributed by atoms with Crippen LogP contribution < -0.4 is 26.0 Å². The summed E-state index contributed by atoms with van der Waals surface area (Å²) < 4.78 is 5.09. The SMILES string of the molecule is COc1cccc(CC2C(=O)NCCNCCNCCNC2=O)c1O. The first-order valence-corrected chi connectivity index (χ1v) is 8.45. The average Bonchev–Trinajstić information content (AvgIpc) is 2.62. The minimum absolute atomic E-state index is 0.0446. The van der Waals surface area contributed by atoms with Crippen molar-refractivity contribution in [2.75, 3.05) is 46.4 Å². The maximum atomic E-state index is 12.5. The fraction of sp³-hybridized carbons (Fsp3) is 0.529. The van der Waals surface area contributed by atoms with E-state index in [0.29, 0.717) is 37.5 Å². The van der Waals surface area contributed by atoms with Crippen LogP contribution in [0.15, 0.2) is 18.2 Å². The number of carbonyl (C=O) groups is 2. The van der Waals surface area contributed by atoms with Crippen LogP contribution >= 0.6 is 0 Å². The highest BCUT2D eigenvalue weighted by Gasteiger charge is 2.28. The van der Waals surface area contributed by atoms with Crippen molar-refractivity contribution in [2.45, 2.75) is 6.42 Å². The van der Waals surface area contributed by atoms with Gasteiger partial charge in [-0.1, -0.05) is 12.1 Å². The third-order valence-corrected chi connectivity index (χ3v) is 4.04. The highest BCUT2D eigenvalue weighted by molar-refractivity contribution is 6.00. The van der Waals surface area contributed by atoms with Gasteiger partial charge in [0.25, 0.3) is 0 Å². The zero-order valence-corrected chi connectivity index (χ0v) is 14.4. The van der Waals surface area contributed by atoms with Gasteiger partial charge in [0.05, 0.1) is 7.11 Å². The second kappa shape index (κ2) is 9.85. The van der Waals surface area contributed by atoms with Crippen molar-refractivity contribution in [2.24, 2.45) is 5.92 Å². The van der Waals surface area contributed by atoms with Crippen LogP contribution in [-0.4, -0.2) is 63.3 Å². The fourth-order valence-electron chi connectivity index (χ4n) is 2.64. The van der Waals surface area contributed by atoms with Gasteiger partial charge in [0.1, 0.15) is 5.92 Å². The van der Waals surface area contributed by atoms with Crippen LogP contribution in [0, 0.1) is 5.92 Å². The molecule has 0 unspecified atom stereocenters. The number of carbonyl (C=O) groups excluding carboxylic acids is 2. The lowest BCUT2D eigenvalue weighted by Crippen LogP contribution is -2.44. The number of para-hydroxylation sites is 1. The van der Waals surface area contributed by atoms with Gasteiger partial charge in [0, 0.05) is 39.3 Å². The molecular formula is C17H26N4O4. The minimum atomic E-state index is -0.918. The van der Waals surface area contributed by atoms with Gasteiger partial charge in [-0.05, 0) is 18.1 Å². The fourth-order valence-corrected chi connectivity index (χ4v) is 2.64. The Morgan fingerprint density at radius 2 is 1.56 bits per heavy atom. The second-order valence-electron chi connectivity index (χ2n) is 5.81. The van der Waals surface area contributed by atoms with Gasteiger partial charge in [-0.3, -0.25) is 9.59 Å². The number of aromatic hydroxyl groups is 1. The molecule has 8 heteroatoms. The molecule has 1 saturated heterocycles. The van der Waals surface area contributed by atoms with E-state index in [-0.39, 0.29) is 24.0 Å². The quantitative estimate of drug-likeness (QED) is 0.447. The standard InChI is InChI=1S/C17H26N4O4/c1-25-14-4-2-3-12(15(14)22)11-13-16(23)20-9-7-18-5-6-19-8-10-21-17(13)24/h2-4,13,18-19,22H,5-11H2,1H3,(H,20,23)(H,21,24). The normalized spacial score (nSPS) is 18.3. The molecule has 8 nitrogen and oxygen atoms in total. The summed E-state index contributed by atoms with van der Waals surface area (Å²) in [5, 5.41) is 22.2. The summed E-state index contributed by atoms with van der Waals surface area (Å²) in [4.78, 5) is 24.9. The van der Waals surface area contributed by atoms with Crippen molar-refractivity contribution >= 4 is 11.8 Å². The van der Waals surface area contributed by atoms with E-state index in [1.165, 1.54) is 7.11 Å². The Hall–Kier alpha value is -2.32. The van der Waals surface area contributed by atoms with Gasteiger partial charge in [-0.15, -0.1) is 0 Å². The number of rotatable bonds is 3. The highest BCUT2D eigenvalue weighted by Crippen LogP contribution is 2.31. The molecule has 2 rings (SSSR count). The van der Waals surface area contributed by atoms with Gasteiger partial charge in [-0.25, -0.2) is 0 Å². The number of amides is 2. The molecule has 5 N–H and O–H groups in total. The lowest BCUT2D eigenvalue weighted by atomic mass is 9.96. The van der Waals surface area contributed by atoms with Crippen molar-refractivity contribution in [1.29, 1.82) is 0 Å². The zero-order valence-electron chi connectivity index (χ0n) is 14.4. The first-order valence-electron chi connectivity index (χ1n) is 8.45. The molecule has 1 aromatic carbocycles. The van der Waals surface area contributed by atoms with Crippen molar-refractivity contribution in [3.05, 3.63) is 23.8 Å². The van der Waals surface area contributed by atoms with Gasteiger partial charge < -0.3 is 31.1 Å². The first kappa shape index (κ1) is 19.0. The number of phenolic OH excluding ortho intramolecular Hbond substituents is 1. The predicted octanol–water partition coefficient (Wildman–Crippen LogP) is -1.02. The summed E-state index contributed by atoms with van der Waals surface area (Å²) in [6, 6.07) is 5.03. The summed E-state index contributed by atoms with van der Waals surface area (Å²) in [6.07, 6.45) is 0.0988. The van der Waals surface area contributed by atoms with Crippen LogP contribution in [0.25, 0.3) is 0 Å². The van der Waals surface area contributed by atoms with Gasteiger partial charge >= 0.3 is 0 Å². The molecule has 1 heterocycles. The molecule has 1 aromatic rings. The molecule has 1 aliphatic heterocycles. The number of phenols is 1. The van der Waals surface area contributed by atoms with E-state index in [0.717, 1.165) is 13.1 Å². The number of methoxy groups -OCH3 is 1. The molecule has 0 aromatic heterocycles. The van der Waals surface area contributed by atoms with Crippen LogP contribution in [0.1, 0.15) is 5.56 Å². The van der Waals surface area contributed by atoms with Gasteiger partial charge in [0.15, 0.2) is 11.5 Å². The summed E-state index contributed by atoms with van der Waals surface area (Å²) in [5.74, 6) is -1.35. The van der Waals surface area contributed by atoms with E-state index in [9.17, 15) is 14.7 Å². The molecule has 0 aliphatic carbocycles. The Morgan fingerprint density at radius 1 is 1.00 bits per heavy atom. The molecule has 0 saturated carbocycles. The Bertz CT molecular complexity index is 570. The van der Waals surface area contributed by atoms with E-state index in [1.807, 2.05) is 0 Å². The summed E-state index contributed by atoms with van der Waals surface area (Å²) >= 11 is 0. The molecule has 138 valence electrons. The first-order chi connectivity index (χ1) is 12.1. The average molecular weight is 350 g/mol. The summed E-state index contributed by atoms with van der Waals surface area (Å²) in [7, 11) is 1.46. The Labute approximate surface area is 147 Å². The van der Waals surface area contributed by atoms with Crippen molar-refractivity contribution in [1.82, 2.24) is 21.3 Å². The molecule has 0 spiro atoms. The molecular weight excluding hydrogens is 324 g/mol. The maximum absolute atomic E-state index is 12.5. The summed E-state index contributed by atoms with van der Waals surface area (Å²) in [5.41, 5.74) is 0.496. The van der Waals surface area contributed by atoms with Crippen LogP contribution in [0.4, 0.5) is 0 Å². The third-order valence-electron chi connectivity index (χ3n) is 4.04.